The molecular formula is C26H30N6O3. The van der Waals surface area contributed by atoms with Crippen LogP contribution in [0.1, 0.15) is 73.1 Å². The molecule has 0 atom stereocenters. The standard InChI is InChI=1S/C26H30N6O3/c1-30(2)24-15-20-18(16-31(29-20)19-8-10-26(34,11-9-19)12-13-27)14-21(24)28-25(33)23-5-3-4-22(32(23)35)17-6-7-17/h3-5,14-17,19,34H,6-12H2,1-2H3,(H,28,33). The topological polar surface area (TPSA) is 121 Å². The summed E-state index contributed by atoms with van der Waals surface area (Å²) in [5.41, 5.74) is 2.04. The Bertz CT molecular complexity index is 1310. The number of aromatic nitrogens is 3. The zero-order valence-corrected chi connectivity index (χ0v) is 20.1. The van der Waals surface area contributed by atoms with Crippen molar-refractivity contribution in [3.05, 3.63) is 53.1 Å². The number of pyridine rings is 1. The Labute approximate surface area is 204 Å². The SMILES string of the molecule is CN(C)c1cc2nn(C3CCC(O)(CC#N)CC3)cc2cc1NC(=O)c1cccc(C2CC2)[n+]1[O-]. The van der Waals surface area contributed by atoms with Gasteiger partial charge in [0.15, 0.2) is 5.69 Å². The average Bonchev–Trinajstić information content (AvgIpc) is 3.58. The number of nitrogens with one attached hydrogen (secondary N) is 1. The number of hydrogen-bond donors (Lipinski definition) is 2. The number of rotatable bonds is 6. The van der Waals surface area contributed by atoms with Crippen molar-refractivity contribution in [1.82, 2.24) is 9.78 Å². The van der Waals surface area contributed by atoms with Gasteiger partial charge in [0.25, 0.3) is 5.69 Å². The van der Waals surface area contributed by atoms with Gasteiger partial charge in [-0.25, -0.2) is 0 Å². The van der Waals surface area contributed by atoms with E-state index in [-0.39, 0.29) is 24.1 Å². The molecule has 2 heterocycles. The van der Waals surface area contributed by atoms with Crippen LogP contribution in [0.2, 0.25) is 0 Å². The zero-order valence-electron chi connectivity index (χ0n) is 20.1. The van der Waals surface area contributed by atoms with Crippen molar-refractivity contribution in [2.75, 3.05) is 24.3 Å². The lowest BCUT2D eigenvalue weighted by Gasteiger charge is -2.34. The molecular weight excluding hydrogens is 444 g/mol. The summed E-state index contributed by atoms with van der Waals surface area (Å²) in [6.07, 6.45) is 6.72. The molecule has 0 unspecified atom stereocenters. The lowest BCUT2D eigenvalue weighted by Crippen LogP contribution is -2.40. The second-order valence-electron chi connectivity index (χ2n) is 10.1. The third-order valence-electron chi connectivity index (χ3n) is 7.24. The minimum Gasteiger partial charge on any atom is -0.618 e. The maximum atomic E-state index is 13.1. The molecule has 182 valence electrons. The van der Waals surface area contributed by atoms with E-state index >= 15 is 0 Å². The van der Waals surface area contributed by atoms with Crippen LogP contribution in [0.25, 0.3) is 10.9 Å². The lowest BCUT2D eigenvalue weighted by atomic mass is 9.80. The van der Waals surface area contributed by atoms with E-state index in [0.29, 0.717) is 24.2 Å². The van der Waals surface area contributed by atoms with E-state index < -0.39 is 11.5 Å². The second-order valence-corrected chi connectivity index (χ2v) is 10.1. The van der Waals surface area contributed by atoms with Gasteiger partial charge in [0, 0.05) is 43.7 Å². The van der Waals surface area contributed by atoms with Crippen molar-refractivity contribution in [3.8, 4) is 6.07 Å². The highest BCUT2D eigenvalue weighted by molar-refractivity contribution is 6.05. The molecule has 5 rings (SSSR count). The van der Waals surface area contributed by atoms with Gasteiger partial charge in [-0.2, -0.15) is 15.1 Å². The van der Waals surface area contributed by atoms with Gasteiger partial charge in [-0.15, -0.1) is 0 Å². The molecule has 9 nitrogen and oxygen atoms in total. The van der Waals surface area contributed by atoms with Gasteiger partial charge in [-0.3, -0.25) is 9.48 Å². The Morgan fingerprint density at radius 3 is 2.71 bits per heavy atom. The summed E-state index contributed by atoms with van der Waals surface area (Å²) in [6, 6.07) is 11.2. The van der Waals surface area contributed by atoms with E-state index in [2.05, 4.69) is 11.4 Å². The van der Waals surface area contributed by atoms with Crippen molar-refractivity contribution in [2.45, 2.75) is 62.5 Å². The monoisotopic (exact) mass is 474 g/mol. The Morgan fingerprint density at radius 2 is 2.06 bits per heavy atom. The van der Waals surface area contributed by atoms with Crippen LogP contribution >= 0.6 is 0 Å². The highest BCUT2D eigenvalue weighted by Crippen LogP contribution is 2.39. The number of anilines is 2. The summed E-state index contributed by atoms with van der Waals surface area (Å²) in [6.45, 7) is 0. The fourth-order valence-corrected chi connectivity index (χ4v) is 5.01. The predicted molar refractivity (Wildman–Crippen MR) is 132 cm³/mol. The maximum Gasteiger partial charge on any atom is 0.321 e. The van der Waals surface area contributed by atoms with E-state index in [4.69, 9.17) is 10.4 Å². The Hall–Kier alpha value is -3.64. The minimum atomic E-state index is -0.900. The van der Waals surface area contributed by atoms with Crippen LogP contribution in [-0.2, 0) is 0 Å². The number of benzene rings is 1. The first-order valence-corrected chi connectivity index (χ1v) is 12.1. The van der Waals surface area contributed by atoms with E-state index in [1.807, 2.05) is 42.0 Å². The first kappa shape index (κ1) is 23.1. The summed E-state index contributed by atoms with van der Waals surface area (Å²) in [7, 11) is 3.79. The van der Waals surface area contributed by atoms with E-state index in [1.54, 1.807) is 18.2 Å². The highest BCUT2D eigenvalue weighted by Gasteiger charge is 2.34. The molecule has 9 heteroatoms. The molecule has 2 aliphatic rings. The van der Waals surface area contributed by atoms with Crippen LogP contribution in [0.15, 0.2) is 36.5 Å². The molecule has 0 saturated heterocycles. The molecule has 2 N–H and O–H groups in total. The van der Waals surface area contributed by atoms with Crippen molar-refractivity contribution in [1.29, 1.82) is 5.26 Å². The summed E-state index contributed by atoms with van der Waals surface area (Å²) < 4.78 is 2.70. The molecule has 0 bridgehead atoms. The summed E-state index contributed by atoms with van der Waals surface area (Å²) in [4.78, 5) is 15.0. The van der Waals surface area contributed by atoms with Crippen molar-refractivity contribution in [2.24, 2.45) is 0 Å². The van der Waals surface area contributed by atoms with Crippen LogP contribution in [0.5, 0.6) is 0 Å². The normalized spacial score (nSPS) is 22.1. The van der Waals surface area contributed by atoms with E-state index in [1.165, 1.54) is 0 Å². The molecule has 0 spiro atoms. The molecule has 35 heavy (non-hydrogen) atoms. The predicted octanol–water partition coefficient (Wildman–Crippen LogP) is 3.63. The minimum absolute atomic E-state index is 0.0851. The molecule has 0 radical (unpaired) electrons. The fourth-order valence-electron chi connectivity index (χ4n) is 5.01. The smallest absolute Gasteiger partial charge is 0.321 e. The molecule has 2 aliphatic carbocycles. The number of aliphatic hydroxyl groups is 1. The van der Waals surface area contributed by atoms with Crippen molar-refractivity contribution < 1.29 is 14.6 Å². The highest BCUT2D eigenvalue weighted by atomic mass is 16.5. The first-order valence-electron chi connectivity index (χ1n) is 12.1. The van der Waals surface area contributed by atoms with Crippen LogP contribution in [0, 0.1) is 16.5 Å². The first-order chi connectivity index (χ1) is 16.8. The number of nitrogens with zero attached hydrogens (tertiary/aromatic N) is 5. The Balaban J connectivity index is 1.41. The van der Waals surface area contributed by atoms with E-state index in [0.717, 1.165) is 47.0 Å². The summed E-state index contributed by atoms with van der Waals surface area (Å²) in [5, 5.41) is 40.9. The lowest BCUT2D eigenvalue weighted by molar-refractivity contribution is -0.616. The number of amides is 1. The summed E-state index contributed by atoms with van der Waals surface area (Å²) in [5.74, 6) is -0.197. The number of nitriles is 1. The second kappa shape index (κ2) is 8.86. The maximum absolute atomic E-state index is 13.1. The largest absolute Gasteiger partial charge is 0.618 e. The van der Waals surface area contributed by atoms with Gasteiger partial charge in [0.1, 0.15) is 0 Å². The van der Waals surface area contributed by atoms with Gasteiger partial charge < -0.3 is 20.5 Å². The van der Waals surface area contributed by atoms with Gasteiger partial charge in [-0.05, 0) is 56.7 Å². The van der Waals surface area contributed by atoms with Crippen LogP contribution in [0.4, 0.5) is 11.4 Å². The molecule has 3 aromatic rings. The molecule has 2 fully saturated rings. The molecule has 2 aromatic heterocycles. The van der Waals surface area contributed by atoms with Gasteiger partial charge >= 0.3 is 5.91 Å². The van der Waals surface area contributed by atoms with Gasteiger partial charge in [0.2, 0.25) is 0 Å². The molecule has 0 aliphatic heterocycles. The quantitative estimate of drug-likeness (QED) is 0.416. The third kappa shape index (κ3) is 4.54. The number of carbonyl (C=O) groups is 1. The molecule has 2 saturated carbocycles. The van der Waals surface area contributed by atoms with Gasteiger partial charge in [-0.1, -0.05) is 0 Å². The number of fused-ring (bicyclic) bond motifs is 1. The summed E-state index contributed by atoms with van der Waals surface area (Å²) >= 11 is 0. The fraction of sp³-hybridized carbons (Fsp3) is 0.462. The van der Waals surface area contributed by atoms with Crippen molar-refractivity contribution >= 4 is 28.2 Å². The third-order valence-corrected chi connectivity index (χ3v) is 7.24. The average molecular weight is 475 g/mol. The van der Waals surface area contributed by atoms with Gasteiger partial charge in [0.05, 0.1) is 41.0 Å². The van der Waals surface area contributed by atoms with Crippen molar-refractivity contribution in [3.63, 3.8) is 0 Å². The zero-order chi connectivity index (χ0) is 24.7. The number of carbonyl (C=O) groups excluding carboxylic acids is 1. The number of hydrogen-bond acceptors (Lipinski definition) is 6. The van der Waals surface area contributed by atoms with E-state index in [9.17, 15) is 15.1 Å². The molecule has 1 aromatic carbocycles. The van der Waals surface area contributed by atoms with Crippen LogP contribution in [-0.4, -0.2) is 40.5 Å². The Kier molecular flexibility index (Phi) is 5.85. The van der Waals surface area contributed by atoms with Crippen LogP contribution < -0.4 is 14.9 Å². The molecule has 1 amide bonds. The Morgan fingerprint density at radius 1 is 1.31 bits per heavy atom. The van der Waals surface area contributed by atoms with Crippen LogP contribution in [0.3, 0.4) is 0 Å².